The van der Waals surface area contributed by atoms with Gasteiger partial charge in [-0.15, -0.1) is 0 Å². The van der Waals surface area contributed by atoms with Crippen molar-refractivity contribution in [1.82, 2.24) is 0 Å². The van der Waals surface area contributed by atoms with E-state index in [1.54, 1.807) is 30.3 Å². The molecule has 6 heteroatoms. The molecule has 1 saturated heterocycles. The average Bonchev–Trinajstić information content (AvgIpc) is 3.23. The molecule has 0 aromatic heterocycles. The van der Waals surface area contributed by atoms with E-state index in [0.717, 1.165) is 25.9 Å². The van der Waals surface area contributed by atoms with Gasteiger partial charge in [0.1, 0.15) is 12.4 Å². The maximum atomic E-state index is 12.6. The van der Waals surface area contributed by atoms with Gasteiger partial charge in [-0.2, -0.15) is 0 Å². The highest BCUT2D eigenvalue weighted by molar-refractivity contribution is 6.05. The maximum absolute atomic E-state index is 12.6. The number of benzene rings is 2. The van der Waals surface area contributed by atoms with Crippen LogP contribution in [0.5, 0.6) is 5.75 Å². The summed E-state index contributed by atoms with van der Waals surface area (Å²) in [6.45, 7) is 3.37. The van der Waals surface area contributed by atoms with E-state index < -0.39 is 0 Å². The quantitative estimate of drug-likeness (QED) is 0.742. The Labute approximate surface area is 170 Å². The summed E-state index contributed by atoms with van der Waals surface area (Å²) in [6, 6.07) is 14.3. The number of anilines is 2. The van der Waals surface area contributed by atoms with Gasteiger partial charge in [-0.1, -0.05) is 19.1 Å². The monoisotopic (exact) mass is 394 g/mol. The van der Waals surface area contributed by atoms with Crippen molar-refractivity contribution in [3.8, 4) is 5.75 Å². The van der Waals surface area contributed by atoms with E-state index in [1.807, 2.05) is 18.2 Å². The zero-order valence-electron chi connectivity index (χ0n) is 16.5. The van der Waals surface area contributed by atoms with Crippen molar-refractivity contribution in [3.05, 3.63) is 54.1 Å². The van der Waals surface area contributed by atoms with Crippen LogP contribution in [0.3, 0.4) is 0 Å². The second-order valence-corrected chi connectivity index (χ2v) is 7.82. The Morgan fingerprint density at radius 1 is 1.10 bits per heavy atom. The topological polar surface area (TPSA) is 76.7 Å². The van der Waals surface area contributed by atoms with Crippen LogP contribution in [0, 0.1) is 11.8 Å². The molecule has 2 aromatic carbocycles. The molecule has 29 heavy (non-hydrogen) atoms. The molecule has 0 radical (unpaired) electrons. The lowest BCUT2D eigenvalue weighted by Crippen LogP contribution is -2.17. The van der Waals surface area contributed by atoms with Crippen LogP contribution in [-0.2, 0) is 9.53 Å². The van der Waals surface area contributed by atoms with Crippen LogP contribution in [0.1, 0.15) is 36.5 Å². The molecule has 2 fully saturated rings. The average molecular weight is 394 g/mol. The van der Waals surface area contributed by atoms with E-state index in [2.05, 4.69) is 17.6 Å². The summed E-state index contributed by atoms with van der Waals surface area (Å²) in [4.78, 5) is 24.8. The van der Waals surface area contributed by atoms with Crippen LogP contribution >= 0.6 is 0 Å². The number of carbonyl (C=O) groups is 2. The predicted octanol–water partition coefficient (Wildman–Crippen LogP) is 4.09. The SMILES string of the molecule is CC1CC1C(=O)Nc1cccc(C(=O)Nc2cccc(OCC3CCCO3)c2)c1. The summed E-state index contributed by atoms with van der Waals surface area (Å²) in [5.41, 5.74) is 1.77. The fourth-order valence-electron chi connectivity index (χ4n) is 3.49. The Morgan fingerprint density at radius 2 is 1.86 bits per heavy atom. The van der Waals surface area contributed by atoms with Gasteiger partial charge in [0.25, 0.3) is 5.91 Å². The molecule has 4 rings (SSSR count). The molecule has 0 spiro atoms. The fraction of sp³-hybridized carbons (Fsp3) is 0.391. The van der Waals surface area contributed by atoms with Gasteiger partial charge in [-0.25, -0.2) is 0 Å². The van der Waals surface area contributed by atoms with Crippen molar-refractivity contribution in [2.75, 3.05) is 23.8 Å². The number of hydrogen-bond acceptors (Lipinski definition) is 4. The molecule has 6 nitrogen and oxygen atoms in total. The van der Waals surface area contributed by atoms with E-state index in [4.69, 9.17) is 9.47 Å². The van der Waals surface area contributed by atoms with Gasteiger partial charge in [0.2, 0.25) is 5.91 Å². The standard InChI is InChI=1S/C23H26N2O4/c1-15-11-21(15)23(27)25-17-6-2-5-16(12-17)22(26)24-18-7-3-8-19(13-18)29-14-20-9-4-10-28-20/h2-3,5-8,12-13,15,20-21H,4,9-11,14H2,1H3,(H,24,26)(H,25,27). The summed E-state index contributed by atoms with van der Waals surface area (Å²) in [7, 11) is 0. The molecule has 1 saturated carbocycles. The fourth-order valence-corrected chi connectivity index (χ4v) is 3.49. The summed E-state index contributed by atoms with van der Waals surface area (Å²) in [5, 5.41) is 5.78. The Bertz CT molecular complexity index is 892. The molecule has 152 valence electrons. The summed E-state index contributed by atoms with van der Waals surface area (Å²) in [6.07, 6.45) is 3.16. The molecule has 3 atom stereocenters. The first-order valence-electron chi connectivity index (χ1n) is 10.2. The number of nitrogens with one attached hydrogen (secondary N) is 2. The summed E-state index contributed by atoms with van der Waals surface area (Å²) < 4.78 is 11.4. The van der Waals surface area contributed by atoms with E-state index in [-0.39, 0.29) is 23.8 Å². The van der Waals surface area contributed by atoms with Crippen LogP contribution < -0.4 is 15.4 Å². The molecule has 0 bridgehead atoms. The Kier molecular flexibility index (Phi) is 5.81. The van der Waals surface area contributed by atoms with E-state index in [0.29, 0.717) is 35.2 Å². The van der Waals surface area contributed by atoms with Crippen molar-refractivity contribution in [3.63, 3.8) is 0 Å². The molecular weight excluding hydrogens is 368 g/mol. The minimum absolute atomic E-state index is 0.0196. The molecular formula is C23H26N2O4. The summed E-state index contributed by atoms with van der Waals surface area (Å²) in [5.74, 6) is 1.00. The zero-order valence-corrected chi connectivity index (χ0v) is 16.5. The third kappa shape index (κ3) is 5.15. The number of ether oxygens (including phenoxy) is 2. The van der Waals surface area contributed by atoms with Gasteiger partial charge in [0, 0.05) is 35.5 Å². The first kappa shape index (κ1) is 19.5. The van der Waals surface area contributed by atoms with E-state index >= 15 is 0 Å². The van der Waals surface area contributed by atoms with Gasteiger partial charge >= 0.3 is 0 Å². The van der Waals surface area contributed by atoms with Gasteiger partial charge < -0.3 is 20.1 Å². The summed E-state index contributed by atoms with van der Waals surface area (Å²) >= 11 is 0. The van der Waals surface area contributed by atoms with E-state index in [9.17, 15) is 9.59 Å². The third-order valence-corrected chi connectivity index (χ3v) is 5.39. The first-order valence-corrected chi connectivity index (χ1v) is 10.2. The van der Waals surface area contributed by atoms with Crippen LogP contribution in [0.4, 0.5) is 11.4 Å². The number of carbonyl (C=O) groups excluding carboxylic acids is 2. The van der Waals surface area contributed by atoms with Crippen molar-refractivity contribution >= 4 is 23.2 Å². The molecule has 2 aromatic rings. The largest absolute Gasteiger partial charge is 0.491 e. The second-order valence-electron chi connectivity index (χ2n) is 7.82. The van der Waals surface area contributed by atoms with Gasteiger partial charge in [-0.05, 0) is 55.5 Å². The Balaban J connectivity index is 1.35. The van der Waals surface area contributed by atoms with Gasteiger partial charge in [0.15, 0.2) is 0 Å². The van der Waals surface area contributed by atoms with Gasteiger partial charge in [-0.3, -0.25) is 9.59 Å². The molecule has 1 aliphatic heterocycles. The van der Waals surface area contributed by atoms with Crippen molar-refractivity contribution in [2.24, 2.45) is 11.8 Å². The lowest BCUT2D eigenvalue weighted by molar-refractivity contribution is -0.117. The molecule has 2 N–H and O–H groups in total. The molecule has 1 aliphatic carbocycles. The van der Waals surface area contributed by atoms with E-state index in [1.165, 1.54) is 0 Å². The third-order valence-electron chi connectivity index (χ3n) is 5.39. The maximum Gasteiger partial charge on any atom is 0.255 e. The Hall–Kier alpha value is -2.86. The number of hydrogen-bond donors (Lipinski definition) is 2. The minimum Gasteiger partial charge on any atom is -0.491 e. The van der Waals surface area contributed by atoms with Crippen LogP contribution in [0.25, 0.3) is 0 Å². The lowest BCUT2D eigenvalue weighted by Gasteiger charge is -2.13. The number of amides is 2. The first-order chi connectivity index (χ1) is 14.1. The minimum atomic E-state index is -0.239. The van der Waals surface area contributed by atoms with Crippen LogP contribution in [-0.4, -0.2) is 31.1 Å². The van der Waals surface area contributed by atoms with Crippen LogP contribution in [0.2, 0.25) is 0 Å². The van der Waals surface area contributed by atoms with Crippen molar-refractivity contribution in [2.45, 2.75) is 32.3 Å². The highest BCUT2D eigenvalue weighted by Crippen LogP contribution is 2.38. The highest BCUT2D eigenvalue weighted by Gasteiger charge is 2.39. The van der Waals surface area contributed by atoms with Crippen molar-refractivity contribution < 1.29 is 19.1 Å². The Morgan fingerprint density at radius 3 is 2.59 bits per heavy atom. The molecule has 2 amide bonds. The lowest BCUT2D eigenvalue weighted by atomic mass is 10.1. The number of rotatable bonds is 7. The smallest absolute Gasteiger partial charge is 0.255 e. The normalized spacial score (nSPS) is 22.7. The van der Waals surface area contributed by atoms with Gasteiger partial charge in [0.05, 0.1) is 6.10 Å². The second kappa shape index (κ2) is 8.66. The highest BCUT2D eigenvalue weighted by atomic mass is 16.5. The predicted molar refractivity (Wildman–Crippen MR) is 111 cm³/mol. The molecule has 2 aliphatic rings. The zero-order chi connectivity index (χ0) is 20.2. The molecule has 3 unspecified atom stereocenters. The van der Waals surface area contributed by atoms with Crippen LogP contribution in [0.15, 0.2) is 48.5 Å². The van der Waals surface area contributed by atoms with Crippen molar-refractivity contribution in [1.29, 1.82) is 0 Å². The molecule has 1 heterocycles.